The molecule has 0 saturated heterocycles. The fourth-order valence-corrected chi connectivity index (χ4v) is 3.88. The lowest BCUT2D eigenvalue weighted by Gasteiger charge is -2.24. The molecule has 3 rings (SSSR count). The van der Waals surface area contributed by atoms with E-state index in [1.165, 1.54) is 0 Å². The Morgan fingerprint density at radius 1 is 1.10 bits per heavy atom. The first-order chi connectivity index (χ1) is 14.7. The van der Waals surface area contributed by atoms with Crippen LogP contribution in [-0.4, -0.2) is 42.2 Å². The first-order valence-corrected chi connectivity index (χ1v) is 11.1. The SMILES string of the molecule is O=C1CN(Cc2ccccc2Cl)Cc2cc(CCCO)ccc2OCCCCCN1. The van der Waals surface area contributed by atoms with Crippen molar-refractivity contribution in [2.75, 3.05) is 26.3 Å². The maximum atomic E-state index is 12.5. The van der Waals surface area contributed by atoms with Crippen LogP contribution in [0, 0.1) is 0 Å². The topological polar surface area (TPSA) is 61.8 Å². The van der Waals surface area contributed by atoms with Crippen LogP contribution >= 0.6 is 11.6 Å². The third-order valence-electron chi connectivity index (χ3n) is 5.26. The summed E-state index contributed by atoms with van der Waals surface area (Å²) in [5.74, 6) is 0.895. The second-order valence-corrected chi connectivity index (χ2v) is 8.17. The molecule has 30 heavy (non-hydrogen) atoms. The smallest absolute Gasteiger partial charge is 0.234 e. The second kappa shape index (κ2) is 11.9. The Hall–Kier alpha value is -2.08. The van der Waals surface area contributed by atoms with Gasteiger partial charge in [0, 0.05) is 36.8 Å². The zero-order chi connectivity index (χ0) is 21.2. The van der Waals surface area contributed by atoms with Crippen molar-refractivity contribution in [1.82, 2.24) is 10.2 Å². The highest BCUT2D eigenvalue weighted by Crippen LogP contribution is 2.25. The van der Waals surface area contributed by atoms with Crippen LogP contribution in [0.15, 0.2) is 42.5 Å². The molecule has 2 N–H and O–H groups in total. The summed E-state index contributed by atoms with van der Waals surface area (Å²) in [4.78, 5) is 14.6. The highest BCUT2D eigenvalue weighted by atomic mass is 35.5. The summed E-state index contributed by atoms with van der Waals surface area (Å²) in [6.07, 6.45) is 4.48. The first kappa shape index (κ1) is 22.6. The number of nitrogens with one attached hydrogen (secondary N) is 1. The molecule has 0 spiro atoms. The molecule has 5 nitrogen and oxygen atoms in total. The normalized spacial score (nSPS) is 16.4. The standard InChI is InChI=1S/C24H31ClN2O3/c25-22-9-3-2-8-20(22)16-27-17-21-15-19(7-6-13-28)10-11-23(21)30-14-5-1-4-12-26-24(29)18-27/h2-3,8-11,15,28H,1,4-7,12-14,16-18H2,(H,26,29). The minimum Gasteiger partial charge on any atom is -0.493 e. The number of aliphatic hydroxyl groups excluding tert-OH is 1. The largest absolute Gasteiger partial charge is 0.493 e. The number of ether oxygens (including phenoxy) is 1. The number of fused-ring (bicyclic) bond motifs is 1. The van der Waals surface area contributed by atoms with Crippen LogP contribution in [0.2, 0.25) is 5.02 Å². The molecule has 1 heterocycles. The number of halogens is 1. The third-order valence-corrected chi connectivity index (χ3v) is 5.63. The number of carbonyl (C=O) groups excluding carboxylic acids is 1. The van der Waals surface area contributed by atoms with Gasteiger partial charge < -0.3 is 15.2 Å². The van der Waals surface area contributed by atoms with Gasteiger partial charge in [0.2, 0.25) is 5.91 Å². The van der Waals surface area contributed by atoms with Gasteiger partial charge >= 0.3 is 0 Å². The number of hydrogen-bond acceptors (Lipinski definition) is 4. The van der Waals surface area contributed by atoms with Crippen LogP contribution in [0.5, 0.6) is 5.75 Å². The van der Waals surface area contributed by atoms with Crippen LogP contribution in [0.1, 0.15) is 42.4 Å². The Balaban J connectivity index is 1.87. The van der Waals surface area contributed by atoms with Gasteiger partial charge in [0.15, 0.2) is 0 Å². The van der Waals surface area contributed by atoms with Gasteiger partial charge in [-0.1, -0.05) is 41.9 Å². The molecule has 0 aromatic heterocycles. The third kappa shape index (κ3) is 7.01. The van der Waals surface area contributed by atoms with Crippen molar-refractivity contribution < 1.29 is 14.6 Å². The number of nitrogens with zero attached hydrogens (tertiary/aromatic N) is 1. The molecule has 0 aliphatic carbocycles. The second-order valence-electron chi connectivity index (χ2n) is 7.76. The quantitative estimate of drug-likeness (QED) is 0.754. The number of amides is 1. The summed E-state index contributed by atoms with van der Waals surface area (Å²) in [7, 11) is 0. The lowest BCUT2D eigenvalue weighted by atomic mass is 10.0. The molecule has 1 aliphatic rings. The van der Waals surface area contributed by atoms with Crippen molar-refractivity contribution in [3.05, 3.63) is 64.2 Å². The lowest BCUT2D eigenvalue weighted by molar-refractivity contribution is -0.122. The van der Waals surface area contributed by atoms with Crippen molar-refractivity contribution >= 4 is 17.5 Å². The maximum absolute atomic E-state index is 12.5. The summed E-state index contributed by atoms with van der Waals surface area (Å²) in [6.45, 7) is 2.99. The van der Waals surface area contributed by atoms with E-state index in [-0.39, 0.29) is 12.5 Å². The summed E-state index contributed by atoms with van der Waals surface area (Å²) in [5.41, 5.74) is 3.22. The van der Waals surface area contributed by atoms with Gasteiger partial charge in [0.25, 0.3) is 0 Å². The van der Waals surface area contributed by atoms with Crippen molar-refractivity contribution in [1.29, 1.82) is 0 Å². The van der Waals surface area contributed by atoms with Gasteiger partial charge in [-0.3, -0.25) is 9.69 Å². The maximum Gasteiger partial charge on any atom is 0.234 e. The zero-order valence-electron chi connectivity index (χ0n) is 17.4. The van der Waals surface area contributed by atoms with E-state index in [1.807, 2.05) is 30.3 Å². The van der Waals surface area contributed by atoms with E-state index in [1.54, 1.807) is 0 Å². The van der Waals surface area contributed by atoms with Crippen molar-refractivity contribution in [2.24, 2.45) is 0 Å². The predicted octanol–water partition coefficient (Wildman–Crippen LogP) is 3.95. The van der Waals surface area contributed by atoms with Crippen LogP contribution < -0.4 is 10.1 Å². The summed E-state index contributed by atoms with van der Waals surface area (Å²) < 4.78 is 6.10. The number of benzene rings is 2. The fourth-order valence-electron chi connectivity index (χ4n) is 3.68. The number of aryl methyl sites for hydroxylation is 1. The van der Waals surface area contributed by atoms with E-state index in [0.29, 0.717) is 37.8 Å². The molecular weight excluding hydrogens is 400 g/mol. The van der Waals surface area contributed by atoms with Gasteiger partial charge in [0.05, 0.1) is 13.2 Å². The van der Waals surface area contributed by atoms with E-state index in [4.69, 9.17) is 16.3 Å². The van der Waals surface area contributed by atoms with Gasteiger partial charge in [0.1, 0.15) is 5.75 Å². The van der Waals surface area contributed by atoms with E-state index >= 15 is 0 Å². The molecule has 162 valence electrons. The number of hydrogen-bond donors (Lipinski definition) is 2. The molecule has 1 aliphatic heterocycles. The van der Waals surface area contributed by atoms with Crippen molar-refractivity contribution in [2.45, 2.75) is 45.2 Å². The molecule has 0 radical (unpaired) electrons. The van der Waals surface area contributed by atoms with Crippen molar-refractivity contribution in [3.63, 3.8) is 0 Å². The Morgan fingerprint density at radius 3 is 2.80 bits per heavy atom. The number of carbonyl (C=O) groups is 1. The average Bonchev–Trinajstić information content (AvgIpc) is 2.75. The van der Waals surface area contributed by atoms with E-state index in [2.05, 4.69) is 22.3 Å². The monoisotopic (exact) mass is 430 g/mol. The first-order valence-electron chi connectivity index (χ1n) is 10.7. The number of rotatable bonds is 5. The van der Waals surface area contributed by atoms with Crippen LogP contribution in [-0.2, 0) is 24.3 Å². The average molecular weight is 431 g/mol. The van der Waals surface area contributed by atoms with Crippen molar-refractivity contribution in [3.8, 4) is 5.75 Å². The van der Waals surface area contributed by atoms with Gasteiger partial charge in [-0.2, -0.15) is 0 Å². The van der Waals surface area contributed by atoms with Gasteiger partial charge in [-0.25, -0.2) is 0 Å². The van der Waals surface area contributed by atoms with Crippen LogP contribution in [0.25, 0.3) is 0 Å². The Kier molecular flexibility index (Phi) is 9.00. The molecule has 2 aromatic rings. The molecular formula is C24H31ClN2O3. The molecule has 0 unspecified atom stereocenters. The Bertz CT molecular complexity index is 828. The van der Waals surface area contributed by atoms with E-state index in [9.17, 15) is 9.90 Å². The van der Waals surface area contributed by atoms with Gasteiger partial charge in [-0.05, 0) is 55.4 Å². The lowest BCUT2D eigenvalue weighted by Crippen LogP contribution is -2.37. The van der Waals surface area contributed by atoms with Gasteiger partial charge in [-0.15, -0.1) is 0 Å². The Labute approximate surface area is 184 Å². The summed E-state index contributed by atoms with van der Waals surface area (Å²) >= 11 is 6.39. The highest BCUT2D eigenvalue weighted by Gasteiger charge is 2.17. The molecule has 2 aromatic carbocycles. The molecule has 6 heteroatoms. The molecule has 0 bridgehead atoms. The number of aliphatic hydroxyl groups is 1. The molecule has 0 saturated carbocycles. The highest BCUT2D eigenvalue weighted by molar-refractivity contribution is 6.31. The minimum atomic E-state index is 0.0280. The summed E-state index contributed by atoms with van der Waals surface area (Å²) in [6, 6.07) is 14.0. The molecule has 1 amide bonds. The summed E-state index contributed by atoms with van der Waals surface area (Å²) in [5, 5.41) is 12.9. The predicted molar refractivity (Wildman–Crippen MR) is 120 cm³/mol. The van der Waals surface area contributed by atoms with E-state index in [0.717, 1.165) is 54.5 Å². The van der Waals surface area contributed by atoms with Crippen LogP contribution in [0.3, 0.4) is 0 Å². The van der Waals surface area contributed by atoms with E-state index < -0.39 is 0 Å². The minimum absolute atomic E-state index is 0.0280. The molecule has 0 fully saturated rings. The molecule has 0 atom stereocenters. The Morgan fingerprint density at radius 2 is 1.97 bits per heavy atom. The fraction of sp³-hybridized carbons (Fsp3) is 0.458. The zero-order valence-corrected chi connectivity index (χ0v) is 18.2. The van der Waals surface area contributed by atoms with Crippen LogP contribution in [0.4, 0.5) is 0 Å².